The van der Waals surface area contributed by atoms with Crippen molar-refractivity contribution in [2.45, 2.75) is 20.3 Å². The van der Waals surface area contributed by atoms with Crippen LogP contribution in [0.3, 0.4) is 0 Å². The fraction of sp³-hybridized carbons (Fsp3) is 0.450. The quantitative estimate of drug-likeness (QED) is 0.679. The number of hydrogen-bond acceptors (Lipinski definition) is 4. The summed E-state index contributed by atoms with van der Waals surface area (Å²) in [4.78, 5) is 38.2. The van der Waals surface area contributed by atoms with Crippen LogP contribution in [0.2, 0.25) is 0 Å². The molecule has 1 aromatic carbocycles. The molecule has 1 amide bonds. The topological polar surface area (TPSA) is 88.8 Å². The summed E-state index contributed by atoms with van der Waals surface area (Å²) in [5.74, 6) is -2.02. The lowest BCUT2D eigenvalue weighted by atomic mass is 10.1. The number of carboxylic acid groups (broad SMARTS) is 1. The molecule has 146 valence electrons. The first-order valence-corrected chi connectivity index (χ1v) is 9.05. The van der Waals surface area contributed by atoms with Crippen molar-refractivity contribution in [1.29, 1.82) is 0 Å². The Morgan fingerprint density at radius 1 is 1.30 bits per heavy atom. The van der Waals surface area contributed by atoms with E-state index in [9.17, 15) is 19.5 Å². The summed E-state index contributed by atoms with van der Waals surface area (Å²) in [6.07, 6.45) is 0.592. The number of ether oxygens (including phenoxy) is 1. The summed E-state index contributed by atoms with van der Waals surface area (Å²) >= 11 is 0. The van der Waals surface area contributed by atoms with E-state index in [1.165, 1.54) is 15.5 Å². The number of hydrogen-bond donors (Lipinski definition) is 1. The highest BCUT2D eigenvalue weighted by Crippen LogP contribution is 2.19. The van der Waals surface area contributed by atoms with E-state index in [4.69, 9.17) is 4.74 Å². The molecule has 0 aliphatic rings. The zero-order chi connectivity index (χ0) is 20.0. The monoisotopic (exact) mass is 374 g/mol. The molecule has 27 heavy (non-hydrogen) atoms. The molecule has 0 aliphatic heterocycles. The van der Waals surface area contributed by atoms with Gasteiger partial charge in [-0.05, 0) is 19.4 Å². The summed E-state index contributed by atoms with van der Waals surface area (Å²) in [6.45, 7) is 4.95. The number of fused-ring (bicyclic) bond motifs is 1. The first kappa shape index (κ1) is 20.6. The largest absolute Gasteiger partial charge is 0.481 e. The summed E-state index contributed by atoms with van der Waals surface area (Å²) in [5, 5.41) is 9.90. The SMILES string of the molecule is CCOCCCN(CC(C)C(=O)O)C(=O)c1cc(=O)n(C)c2ccccc12. The molecule has 1 N–H and O–H groups in total. The van der Waals surface area contributed by atoms with Crippen LogP contribution < -0.4 is 5.56 Å². The zero-order valence-corrected chi connectivity index (χ0v) is 16.0. The molecular formula is C20H26N2O5. The van der Waals surface area contributed by atoms with Crippen LogP contribution in [0.15, 0.2) is 35.1 Å². The van der Waals surface area contributed by atoms with Gasteiger partial charge in [-0.15, -0.1) is 0 Å². The molecule has 1 aromatic heterocycles. The van der Waals surface area contributed by atoms with E-state index >= 15 is 0 Å². The molecule has 0 radical (unpaired) electrons. The number of aryl methyl sites for hydroxylation is 1. The van der Waals surface area contributed by atoms with Crippen LogP contribution in [0.5, 0.6) is 0 Å². The first-order valence-electron chi connectivity index (χ1n) is 9.05. The minimum atomic E-state index is -0.966. The number of carbonyl (C=O) groups is 2. The van der Waals surface area contributed by atoms with Crippen LogP contribution in [-0.4, -0.2) is 52.8 Å². The Kier molecular flexibility index (Phi) is 7.12. The van der Waals surface area contributed by atoms with Gasteiger partial charge in [-0.3, -0.25) is 14.4 Å². The molecule has 1 atom stereocenters. The van der Waals surface area contributed by atoms with Crippen molar-refractivity contribution in [3.8, 4) is 0 Å². The third-order valence-corrected chi connectivity index (χ3v) is 4.51. The van der Waals surface area contributed by atoms with Crippen molar-refractivity contribution < 1.29 is 19.4 Å². The lowest BCUT2D eigenvalue weighted by molar-refractivity contribution is -0.141. The molecule has 0 bridgehead atoms. The Labute approximate surface area is 158 Å². The van der Waals surface area contributed by atoms with Gasteiger partial charge in [-0.1, -0.05) is 25.1 Å². The fourth-order valence-corrected chi connectivity index (χ4v) is 2.94. The zero-order valence-electron chi connectivity index (χ0n) is 16.0. The van der Waals surface area contributed by atoms with E-state index in [1.807, 2.05) is 19.1 Å². The second kappa shape index (κ2) is 9.32. The van der Waals surface area contributed by atoms with Crippen molar-refractivity contribution in [3.05, 3.63) is 46.2 Å². The Hall–Kier alpha value is -2.67. The minimum absolute atomic E-state index is 0.0732. The predicted octanol–water partition coefficient (Wildman–Crippen LogP) is 2.13. The molecule has 7 heteroatoms. The van der Waals surface area contributed by atoms with Crippen molar-refractivity contribution in [2.75, 3.05) is 26.3 Å². The summed E-state index contributed by atoms with van der Waals surface area (Å²) < 4.78 is 6.81. The minimum Gasteiger partial charge on any atom is -0.481 e. The summed E-state index contributed by atoms with van der Waals surface area (Å²) in [5.41, 5.74) is 0.675. The number of para-hydroxylation sites is 1. The lowest BCUT2D eigenvalue weighted by Crippen LogP contribution is -2.38. The van der Waals surface area contributed by atoms with Crippen LogP contribution in [0.4, 0.5) is 0 Å². The third-order valence-electron chi connectivity index (χ3n) is 4.51. The van der Waals surface area contributed by atoms with Gasteiger partial charge in [0.25, 0.3) is 11.5 Å². The fourth-order valence-electron chi connectivity index (χ4n) is 2.94. The molecule has 1 unspecified atom stereocenters. The van der Waals surface area contributed by atoms with E-state index in [0.717, 1.165) is 0 Å². The van der Waals surface area contributed by atoms with Gasteiger partial charge in [-0.2, -0.15) is 0 Å². The highest BCUT2D eigenvalue weighted by Gasteiger charge is 2.23. The summed E-state index contributed by atoms with van der Waals surface area (Å²) in [7, 11) is 1.66. The number of pyridine rings is 1. The van der Waals surface area contributed by atoms with Crippen LogP contribution in [0, 0.1) is 5.92 Å². The van der Waals surface area contributed by atoms with E-state index in [-0.39, 0.29) is 18.0 Å². The van der Waals surface area contributed by atoms with Crippen molar-refractivity contribution >= 4 is 22.8 Å². The average molecular weight is 374 g/mol. The number of aliphatic carboxylic acids is 1. The van der Waals surface area contributed by atoms with Crippen molar-refractivity contribution in [3.63, 3.8) is 0 Å². The van der Waals surface area contributed by atoms with Crippen LogP contribution >= 0.6 is 0 Å². The maximum atomic E-state index is 13.2. The second-order valence-corrected chi connectivity index (χ2v) is 6.51. The normalized spacial score (nSPS) is 12.1. The highest BCUT2D eigenvalue weighted by atomic mass is 16.5. The van der Waals surface area contributed by atoms with Gasteiger partial charge < -0.3 is 19.3 Å². The van der Waals surface area contributed by atoms with Crippen molar-refractivity contribution in [2.24, 2.45) is 13.0 Å². The van der Waals surface area contributed by atoms with Gasteiger partial charge in [0, 0.05) is 44.8 Å². The molecule has 2 rings (SSSR count). The predicted molar refractivity (Wildman–Crippen MR) is 103 cm³/mol. The van der Waals surface area contributed by atoms with E-state index in [1.54, 1.807) is 26.1 Å². The van der Waals surface area contributed by atoms with Crippen LogP contribution in [0.25, 0.3) is 10.9 Å². The Balaban J connectivity index is 2.39. The van der Waals surface area contributed by atoms with E-state index in [2.05, 4.69) is 0 Å². The molecule has 0 spiro atoms. The number of amides is 1. The number of aromatic nitrogens is 1. The van der Waals surface area contributed by atoms with Gasteiger partial charge in [0.1, 0.15) is 0 Å². The smallest absolute Gasteiger partial charge is 0.308 e. The number of carbonyl (C=O) groups excluding carboxylic acids is 1. The molecule has 0 saturated heterocycles. The molecule has 0 aliphatic carbocycles. The molecule has 2 aromatic rings. The highest BCUT2D eigenvalue weighted by molar-refractivity contribution is 6.06. The van der Waals surface area contributed by atoms with Gasteiger partial charge in [0.2, 0.25) is 0 Å². The Bertz CT molecular complexity index is 874. The molecule has 0 fully saturated rings. The maximum Gasteiger partial charge on any atom is 0.308 e. The number of rotatable bonds is 9. The first-order chi connectivity index (χ1) is 12.9. The lowest BCUT2D eigenvalue weighted by Gasteiger charge is -2.25. The van der Waals surface area contributed by atoms with Gasteiger partial charge in [-0.25, -0.2) is 0 Å². The van der Waals surface area contributed by atoms with E-state index in [0.29, 0.717) is 42.6 Å². The van der Waals surface area contributed by atoms with Gasteiger partial charge >= 0.3 is 5.97 Å². The average Bonchev–Trinajstić information content (AvgIpc) is 2.66. The third kappa shape index (κ3) is 4.95. The van der Waals surface area contributed by atoms with Gasteiger partial charge in [0.15, 0.2) is 0 Å². The second-order valence-electron chi connectivity index (χ2n) is 6.51. The Morgan fingerprint density at radius 3 is 2.67 bits per heavy atom. The summed E-state index contributed by atoms with van der Waals surface area (Å²) in [6, 6.07) is 8.52. The molecule has 7 nitrogen and oxygen atoms in total. The standard InChI is InChI=1S/C20H26N2O5/c1-4-27-11-7-10-22(13-14(2)20(25)26)19(24)16-12-18(23)21(3)17-9-6-5-8-15(16)17/h5-6,8-9,12,14H,4,7,10-11,13H2,1-3H3,(H,25,26). The Morgan fingerprint density at radius 2 is 2.00 bits per heavy atom. The van der Waals surface area contributed by atoms with Crippen LogP contribution in [-0.2, 0) is 16.6 Å². The molecule has 1 heterocycles. The molecule has 0 saturated carbocycles. The van der Waals surface area contributed by atoms with Gasteiger partial charge in [0.05, 0.1) is 17.0 Å². The van der Waals surface area contributed by atoms with Crippen molar-refractivity contribution in [1.82, 2.24) is 9.47 Å². The maximum absolute atomic E-state index is 13.2. The number of benzene rings is 1. The number of carboxylic acids is 1. The molecular weight excluding hydrogens is 348 g/mol. The van der Waals surface area contributed by atoms with Crippen LogP contribution in [0.1, 0.15) is 30.6 Å². The van der Waals surface area contributed by atoms with E-state index < -0.39 is 11.9 Å². The number of nitrogens with zero attached hydrogens (tertiary/aromatic N) is 2.